The molecule has 1 unspecified atom stereocenters. The minimum atomic E-state index is -5.12. The summed E-state index contributed by atoms with van der Waals surface area (Å²) < 4.78 is 309. The zero-order chi connectivity index (χ0) is 43.4. The smallest absolute Gasteiger partial charge is 0.225 e. The maximum absolute atomic E-state index is 16.6. The lowest BCUT2D eigenvalue weighted by atomic mass is 9.64. The Morgan fingerprint density at radius 1 is 0.351 bits per heavy atom. The van der Waals surface area contributed by atoms with Crippen molar-refractivity contribution in [3.05, 3.63) is 133 Å². The summed E-state index contributed by atoms with van der Waals surface area (Å²) in [5, 5.41) is 0. The van der Waals surface area contributed by atoms with E-state index in [2.05, 4.69) is 0 Å². The standard InChI is InChI=1S/C36H24F20N/c1-4-7-9-57(10-8-5-2,35-33(55)31(53)30(52)32(54)34(35)56)36(13-17(39)23(45)28(50)24(46)18(13)40,14-19(41)25(47)29(51)26(48)20(14)42)11(6-3)12-15(37)21(43)27(49)22(44)16(12)38/h11H,4-10H2,1-3H3/q+1. The number of hydrogen-bond donors (Lipinski definition) is 0. The number of nitrogens with zero attached hydrogens (tertiary/aromatic N) is 1. The summed E-state index contributed by atoms with van der Waals surface area (Å²) in [5.41, 5.74) is -16.3. The van der Waals surface area contributed by atoms with Crippen LogP contribution in [0.15, 0.2) is 0 Å². The fourth-order valence-electron chi connectivity index (χ4n) is 7.40. The quantitative estimate of drug-likeness (QED) is 0.0544. The molecule has 0 N–H and O–H groups in total. The Bertz CT molecular complexity index is 2060. The highest BCUT2D eigenvalue weighted by Crippen LogP contribution is 2.60. The van der Waals surface area contributed by atoms with Crippen LogP contribution < -0.4 is 4.48 Å². The molecule has 4 aromatic carbocycles. The number of halogens is 20. The molecule has 4 aromatic rings. The lowest BCUT2D eigenvalue weighted by Gasteiger charge is -2.56. The van der Waals surface area contributed by atoms with Gasteiger partial charge in [0.1, 0.15) is 0 Å². The van der Waals surface area contributed by atoms with Gasteiger partial charge in [0, 0.05) is 5.56 Å². The highest BCUT2D eigenvalue weighted by atomic mass is 19.2. The van der Waals surface area contributed by atoms with Crippen LogP contribution in [0.1, 0.15) is 75.5 Å². The van der Waals surface area contributed by atoms with Crippen LogP contribution in [0.5, 0.6) is 0 Å². The molecule has 0 aliphatic heterocycles. The van der Waals surface area contributed by atoms with Crippen molar-refractivity contribution < 1.29 is 87.8 Å². The molecule has 0 fully saturated rings. The fraction of sp³-hybridized carbons (Fsp3) is 0.333. The van der Waals surface area contributed by atoms with E-state index in [4.69, 9.17) is 0 Å². The molecule has 0 heterocycles. The van der Waals surface area contributed by atoms with E-state index in [1.54, 1.807) is 0 Å². The Balaban J connectivity index is 2.76. The summed E-state index contributed by atoms with van der Waals surface area (Å²) in [6.07, 6.45) is -4.48. The molecular formula is C36H24F20N+. The molecule has 0 spiro atoms. The molecule has 57 heavy (non-hydrogen) atoms. The largest absolute Gasteiger partial charge is 0.273 e. The maximum Gasteiger partial charge on any atom is 0.225 e. The lowest BCUT2D eigenvalue weighted by Crippen LogP contribution is -2.70. The molecule has 1 nitrogen and oxygen atoms in total. The molecule has 0 saturated carbocycles. The third kappa shape index (κ3) is 6.37. The molecule has 4 rings (SSSR count). The van der Waals surface area contributed by atoms with Crippen molar-refractivity contribution in [1.29, 1.82) is 0 Å². The minimum absolute atomic E-state index is 0.453. The number of benzene rings is 4. The first-order valence-electron chi connectivity index (χ1n) is 16.5. The monoisotopic (exact) mass is 850 g/mol. The summed E-state index contributed by atoms with van der Waals surface area (Å²) in [5.74, 6) is -67.3. The van der Waals surface area contributed by atoms with Gasteiger partial charge >= 0.3 is 0 Å². The van der Waals surface area contributed by atoms with Crippen LogP contribution in [0.4, 0.5) is 93.5 Å². The molecule has 0 radical (unpaired) electrons. The zero-order valence-electron chi connectivity index (χ0n) is 29.0. The van der Waals surface area contributed by atoms with Crippen LogP contribution in [0.3, 0.4) is 0 Å². The molecule has 21 heteroatoms. The van der Waals surface area contributed by atoms with Gasteiger partial charge in [0.15, 0.2) is 75.3 Å². The second-order valence-electron chi connectivity index (χ2n) is 12.6. The van der Waals surface area contributed by atoms with Crippen molar-refractivity contribution in [3.63, 3.8) is 0 Å². The molecular weight excluding hydrogens is 826 g/mol. The van der Waals surface area contributed by atoms with E-state index in [-0.39, 0.29) is 0 Å². The van der Waals surface area contributed by atoms with Crippen LogP contribution in [0, 0.1) is 116 Å². The minimum Gasteiger partial charge on any atom is -0.273 e. The van der Waals surface area contributed by atoms with E-state index in [1.165, 1.54) is 0 Å². The van der Waals surface area contributed by atoms with Crippen molar-refractivity contribution >= 4 is 5.69 Å². The van der Waals surface area contributed by atoms with Crippen LogP contribution in [-0.4, -0.2) is 13.1 Å². The number of hydrogen-bond acceptors (Lipinski definition) is 0. The van der Waals surface area contributed by atoms with E-state index < -0.39 is 200 Å². The molecule has 0 saturated heterocycles. The van der Waals surface area contributed by atoms with Gasteiger partial charge in [0.25, 0.3) is 0 Å². The van der Waals surface area contributed by atoms with Crippen molar-refractivity contribution in [1.82, 2.24) is 4.48 Å². The highest BCUT2D eigenvalue weighted by Gasteiger charge is 2.68. The Kier molecular flexibility index (Phi) is 13.0. The Morgan fingerprint density at radius 3 is 0.860 bits per heavy atom. The van der Waals surface area contributed by atoms with Crippen LogP contribution >= 0.6 is 0 Å². The number of rotatable bonds is 13. The SMILES string of the molecule is CCCC[N+](CCCC)(c1c(F)c(F)c(F)c(F)c1F)C(c1c(F)c(F)c(F)c(F)c1F)(c1c(F)c(F)c(F)c(F)c1F)C(CC)c1c(F)c(F)c(F)c(F)c1F. The van der Waals surface area contributed by atoms with E-state index in [0.29, 0.717) is 6.92 Å². The van der Waals surface area contributed by atoms with Gasteiger partial charge in [0.2, 0.25) is 52.2 Å². The summed E-state index contributed by atoms with van der Waals surface area (Å²) in [4.78, 5) is 0. The highest BCUT2D eigenvalue weighted by molar-refractivity contribution is 5.60. The molecule has 0 bridgehead atoms. The number of unbranched alkanes of at least 4 members (excludes halogenated alkanes) is 2. The second kappa shape index (κ2) is 16.4. The average molecular weight is 851 g/mol. The molecule has 312 valence electrons. The molecule has 0 amide bonds. The van der Waals surface area contributed by atoms with Gasteiger partial charge in [0.05, 0.1) is 30.1 Å². The zero-order valence-corrected chi connectivity index (χ0v) is 29.0. The van der Waals surface area contributed by atoms with Crippen molar-refractivity contribution in [3.8, 4) is 0 Å². The lowest BCUT2D eigenvalue weighted by molar-refractivity contribution is 0.0630. The van der Waals surface area contributed by atoms with E-state index >= 15 is 70.2 Å². The van der Waals surface area contributed by atoms with Crippen molar-refractivity contribution in [2.75, 3.05) is 13.1 Å². The van der Waals surface area contributed by atoms with Gasteiger partial charge in [-0.05, 0) is 19.3 Å². The Labute approximate surface area is 308 Å². The Morgan fingerprint density at radius 2 is 0.596 bits per heavy atom. The summed E-state index contributed by atoms with van der Waals surface area (Å²) >= 11 is 0. The summed E-state index contributed by atoms with van der Waals surface area (Å²) in [6, 6.07) is 0. The summed E-state index contributed by atoms with van der Waals surface area (Å²) in [6.45, 7) is -0.665. The Hall–Kier alpha value is -4.56. The van der Waals surface area contributed by atoms with Gasteiger partial charge in [-0.1, -0.05) is 33.6 Å². The summed E-state index contributed by atoms with van der Waals surface area (Å²) in [7, 11) is 0. The van der Waals surface area contributed by atoms with Gasteiger partial charge < -0.3 is 0 Å². The van der Waals surface area contributed by atoms with Gasteiger partial charge in [-0.2, -0.15) is 8.78 Å². The third-order valence-electron chi connectivity index (χ3n) is 9.76. The molecule has 0 aliphatic rings. The number of quaternary nitrogens is 1. The first-order chi connectivity index (χ1) is 26.5. The van der Waals surface area contributed by atoms with E-state index in [9.17, 15) is 17.6 Å². The third-order valence-corrected chi connectivity index (χ3v) is 9.76. The molecule has 1 atom stereocenters. The predicted molar refractivity (Wildman–Crippen MR) is 160 cm³/mol. The maximum atomic E-state index is 16.6. The topological polar surface area (TPSA) is 0 Å². The first-order valence-corrected chi connectivity index (χ1v) is 16.5. The van der Waals surface area contributed by atoms with E-state index in [0.717, 1.165) is 13.8 Å². The average Bonchev–Trinajstić information content (AvgIpc) is 3.19. The molecule has 0 aliphatic carbocycles. The van der Waals surface area contributed by atoms with Gasteiger partial charge in [-0.25, -0.2) is 79.0 Å². The second-order valence-corrected chi connectivity index (χ2v) is 12.6. The fourth-order valence-corrected chi connectivity index (χ4v) is 7.40. The van der Waals surface area contributed by atoms with Crippen LogP contribution in [0.2, 0.25) is 0 Å². The van der Waals surface area contributed by atoms with Crippen molar-refractivity contribution in [2.24, 2.45) is 0 Å². The first kappa shape index (κ1) is 45.1. The normalized spacial score (nSPS) is 12.9. The van der Waals surface area contributed by atoms with Crippen molar-refractivity contribution in [2.45, 2.75) is 64.3 Å². The predicted octanol–water partition coefficient (Wildman–Crippen LogP) is 12.5. The van der Waals surface area contributed by atoms with Gasteiger partial charge in [-0.15, -0.1) is 0 Å². The van der Waals surface area contributed by atoms with Gasteiger partial charge in [-0.3, -0.25) is 4.48 Å². The van der Waals surface area contributed by atoms with E-state index in [1.807, 2.05) is 0 Å². The van der Waals surface area contributed by atoms with Crippen LogP contribution in [-0.2, 0) is 5.54 Å². The molecule has 0 aromatic heterocycles. The van der Waals surface area contributed by atoms with Crippen LogP contribution in [0.25, 0.3) is 0 Å².